The van der Waals surface area contributed by atoms with Crippen molar-refractivity contribution in [1.82, 2.24) is 0 Å². The van der Waals surface area contributed by atoms with Gasteiger partial charge in [-0.05, 0) is 28.1 Å². The number of fused-ring (bicyclic) bond motifs is 1. The summed E-state index contributed by atoms with van der Waals surface area (Å²) in [7, 11) is 0. The SMILES string of the molecule is O=CCN1CC(=O)Nc2c(Br)cccc21. The topological polar surface area (TPSA) is 49.4 Å². The molecule has 0 radical (unpaired) electrons. The second-order valence-corrected chi connectivity index (χ2v) is 4.08. The Labute approximate surface area is 95.4 Å². The Hall–Kier alpha value is -1.36. The van der Waals surface area contributed by atoms with Crippen molar-refractivity contribution in [3.8, 4) is 0 Å². The number of aldehydes is 1. The van der Waals surface area contributed by atoms with Crippen molar-refractivity contribution in [1.29, 1.82) is 0 Å². The molecule has 0 unspecified atom stereocenters. The Morgan fingerprint density at radius 2 is 2.33 bits per heavy atom. The third kappa shape index (κ3) is 1.87. The van der Waals surface area contributed by atoms with Crippen LogP contribution in [0.2, 0.25) is 0 Å². The quantitative estimate of drug-likeness (QED) is 0.826. The molecule has 1 aliphatic heterocycles. The number of amides is 1. The van der Waals surface area contributed by atoms with Gasteiger partial charge in [0.1, 0.15) is 6.29 Å². The highest BCUT2D eigenvalue weighted by Crippen LogP contribution is 2.35. The molecule has 78 valence electrons. The Bertz CT molecular complexity index is 420. The predicted molar refractivity (Wildman–Crippen MR) is 61.0 cm³/mol. The van der Waals surface area contributed by atoms with Crippen LogP contribution in [0.25, 0.3) is 0 Å². The van der Waals surface area contributed by atoms with Crippen LogP contribution in [0, 0.1) is 0 Å². The van der Waals surface area contributed by atoms with Crippen molar-refractivity contribution in [2.45, 2.75) is 0 Å². The van der Waals surface area contributed by atoms with E-state index in [9.17, 15) is 9.59 Å². The lowest BCUT2D eigenvalue weighted by atomic mass is 10.2. The number of carbonyl (C=O) groups is 2. The molecule has 1 N–H and O–H groups in total. The summed E-state index contributed by atoms with van der Waals surface area (Å²) in [5, 5.41) is 2.77. The van der Waals surface area contributed by atoms with Gasteiger partial charge in [-0.1, -0.05) is 6.07 Å². The zero-order chi connectivity index (χ0) is 10.8. The molecular weight excluding hydrogens is 260 g/mol. The van der Waals surface area contributed by atoms with E-state index < -0.39 is 0 Å². The number of nitrogens with one attached hydrogen (secondary N) is 1. The first-order chi connectivity index (χ1) is 7.22. The van der Waals surface area contributed by atoms with Crippen molar-refractivity contribution >= 4 is 39.5 Å². The fraction of sp³-hybridized carbons (Fsp3) is 0.200. The number of para-hydroxylation sites is 1. The first-order valence-electron chi connectivity index (χ1n) is 4.49. The minimum absolute atomic E-state index is 0.101. The third-order valence-electron chi connectivity index (χ3n) is 2.23. The molecule has 1 aromatic rings. The highest BCUT2D eigenvalue weighted by atomic mass is 79.9. The van der Waals surface area contributed by atoms with Crippen LogP contribution < -0.4 is 10.2 Å². The normalized spacial score (nSPS) is 14.5. The zero-order valence-corrected chi connectivity index (χ0v) is 9.45. The van der Waals surface area contributed by atoms with E-state index in [1.807, 2.05) is 18.2 Å². The van der Waals surface area contributed by atoms with E-state index in [1.165, 1.54) is 0 Å². The van der Waals surface area contributed by atoms with Gasteiger partial charge in [-0.2, -0.15) is 0 Å². The van der Waals surface area contributed by atoms with E-state index in [2.05, 4.69) is 21.2 Å². The first kappa shape index (κ1) is 10.2. The average molecular weight is 269 g/mol. The Morgan fingerprint density at radius 3 is 3.07 bits per heavy atom. The molecule has 1 aromatic carbocycles. The molecule has 1 amide bonds. The Balaban J connectivity index is 2.45. The fourth-order valence-electron chi connectivity index (χ4n) is 1.59. The van der Waals surface area contributed by atoms with Crippen LogP contribution in [0.15, 0.2) is 22.7 Å². The number of anilines is 2. The van der Waals surface area contributed by atoms with Crippen LogP contribution in [-0.2, 0) is 9.59 Å². The maximum absolute atomic E-state index is 11.4. The van der Waals surface area contributed by atoms with Gasteiger partial charge in [0.05, 0.1) is 24.5 Å². The van der Waals surface area contributed by atoms with Gasteiger partial charge in [0.25, 0.3) is 0 Å². The van der Waals surface area contributed by atoms with Gasteiger partial charge in [0.15, 0.2) is 0 Å². The van der Waals surface area contributed by atoms with Crippen LogP contribution >= 0.6 is 15.9 Å². The van der Waals surface area contributed by atoms with E-state index in [0.29, 0.717) is 0 Å². The summed E-state index contributed by atoms with van der Waals surface area (Å²) in [5.74, 6) is -0.101. The van der Waals surface area contributed by atoms with Crippen LogP contribution in [0.3, 0.4) is 0 Å². The molecule has 0 spiro atoms. The van der Waals surface area contributed by atoms with Gasteiger partial charge in [0, 0.05) is 4.47 Å². The second-order valence-electron chi connectivity index (χ2n) is 3.23. The molecule has 2 rings (SSSR count). The number of hydrogen-bond donors (Lipinski definition) is 1. The molecule has 0 bridgehead atoms. The maximum atomic E-state index is 11.4. The second kappa shape index (κ2) is 4.02. The van der Waals surface area contributed by atoms with Crippen molar-refractivity contribution in [2.24, 2.45) is 0 Å². The average Bonchev–Trinajstić information content (AvgIpc) is 2.20. The number of halogens is 1. The first-order valence-corrected chi connectivity index (χ1v) is 5.28. The molecule has 1 aliphatic rings. The summed E-state index contributed by atoms with van der Waals surface area (Å²) in [6.45, 7) is 0.457. The molecule has 0 aromatic heterocycles. The van der Waals surface area contributed by atoms with Crippen LogP contribution in [0.5, 0.6) is 0 Å². The van der Waals surface area contributed by atoms with Gasteiger partial charge < -0.3 is 15.0 Å². The Morgan fingerprint density at radius 1 is 1.53 bits per heavy atom. The van der Waals surface area contributed by atoms with E-state index in [1.54, 1.807) is 4.90 Å². The van der Waals surface area contributed by atoms with Gasteiger partial charge in [-0.15, -0.1) is 0 Å². The lowest BCUT2D eigenvalue weighted by Crippen LogP contribution is -2.39. The molecule has 0 aliphatic carbocycles. The molecule has 5 heteroatoms. The van der Waals surface area contributed by atoms with Crippen LogP contribution in [-0.4, -0.2) is 25.3 Å². The largest absolute Gasteiger partial charge is 0.353 e. The Kier molecular flexibility index (Phi) is 2.73. The molecule has 15 heavy (non-hydrogen) atoms. The van der Waals surface area contributed by atoms with E-state index in [0.717, 1.165) is 22.1 Å². The molecule has 0 atom stereocenters. The lowest BCUT2D eigenvalue weighted by molar-refractivity contribution is -0.115. The number of rotatable bonds is 2. The van der Waals surface area contributed by atoms with Crippen molar-refractivity contribution in [3.05, 3.63) is 22.7 Å². The van der Waals surface area contributed by atoms with Gasteiger partial charge in [0.2, 0.25) is 5.91 Å². The lowest BCUT2D eigenvalue weighted by Gasteiger charge is -2.29. The van der Waals surface area contributed by atoms with Crippen LogP contribution in [0.4, 0.5) is 11.4 Å². The highest BCUT2D eigenvalue weighted by Gasteiger charge is 2.22. The molecule has 0 fully saturated rings. The standard InChI is InChI=1S/C10H9BrN2O2/c11-7-2-1-3-8-10(7)12-9(15)6-13(8)4-5-14/h1-3,5H,4,6H2,(H,12,15). The molecule has 0 saturated carbocycles. The minimum atomic E-state index is -0.101. The van der Waals surface area contributed by atoms with Gasteiger partial charge in [-0.25, -0.2) is 0 Å². The zero-order valence-electron chi connectivity index (χ0n) is 7.87. The number of benzene rings is 1. The van der Waals surface area contributed by atoms with Gasteiger partial charge in [-0.3, -0.25) is 4.79 Å². The van der Waals surface area contributed by atoms with Crippen molar-refractivity contribution < 1.29 is 9.59 Å². The maximum Gasteiger partial charge on any atom is 0.243 e. The summed E-state index contributed by atoms with van der Waals surface area (Å²) in [4.78, 5) is 23.6. The highest BCUT2D eigenvalue weighted by molar-refractivity contribution is 9.10. The summed E-state index contributed by atoms with van der Waals surface area (Å²) in [6.07, 6.45) is 0.795. The molecule has 1 heterocycles. The van der Waals surface area contributed by atoms with E-state index in [4.69, 9.17) is 0 Å². The summed E-state index contributed by atoms with van der Waals surface area (Å²) >= 11 is 3.36. The van der Waals surface area contributed by atoms with E-state index >= 15 is 0 Å². The minimum Gasteiger partial charge on any atom is -0.353 e. The van der Waals surface area contributed by atoms with Crippen molar-refractivity contribution in [2.75, 3.05) is 23.3 Å². The number of nitrogens with zero attached hydrogens (tertiary/aromatic N) is 1. The summed E-state index contributed by atoms with van der Waals surface area (Å²) in [5.41, 5.74) is 1.60. The predicted octanol–water partition coefficient (Wildman–Crippen LogP) is 1.41. The summed E-state index contributed by atoms with van der Waals surface area (Å²) in [6, 6.07) is 5.60. The monoisotopic (exact) mass is 268 g/mol. The number of hydrogen-bond acceptors (Lipinski definition) is 3. The third-order valence-corrected chi connectivity index (χ3v) is 2.89. The van der Waals surface area contributed by atoms with Crippen molar-refractivity contribution in [3.63, 3.8) is 0 Å². The molecule has 4 nitrogen and oxygen atoms in total. The smallest absolute Gasteiger partial charge is 0.243 e. The molecular formula is C10H9BrN2O2. The molecule has 0 saturated heterocycles. The van der Waals surface area contributed by atoms with Crippen LogP contribution in [0.1, 0.15) is 0 Å². The number of carbonyl (C=O) groups excluding carboxylic acids is 2. The fourth-order valence-corrected chi connectivity index (χ4v) is 2.05. The van der Waals surface area contributed by atoms with E-state index in [-0.39, 0.29) is 19.0 Å². The van der Waals surface area contributed by atoms with Gasteiger partial charge >= 0.3 is 0 Å². The summed E-state index contributed by atoms with van der Waals surface area (Å²) < 4.78 is 0.823.